The van der Waals surface area contributed by atoms with E-state index in [0.717, 1.165) is 28.3 Å². The van der Waals surface area contributed by atoms with Crippen molar-refractivity contribution in [1.82, 2.24) is 25.1 Å². The molecule has 2 aromatic carbocycles. The zero-order valence-corrected chi connectivity index (χ0v) is 18.7. The van der Waals surface area contributed by atoms with E-state index in [1.165, 1.54) is 18.9 Å². The Morgan fingerprint density at radius 2 is 1.85 bits per heavy atom. The predicted octanol–water partition coefficient (Wildman–Crippen LogP) is 3.63. The topological polar surface area (TPSA) is 107 Å². The number of aromatic amines is 1. The number of nitrogens with zero attached hydrogens (tertiary/aromatic N) is 5. The number of carbonyl (C=O) groups is 1. The molecule has 1 atom stereocenters. The van der Waals surface area contributed by atoms with Crippen LogP contribution in [0.4, 0.5) is 0 Å². The van der Waals surface area contributed by atoms with Gasteiger partial charge in [0.1, 0.15) is 11.4 Å². The van der Waals surface area contributed by atoms with Crippen LogP contribution in [0.15, 0.2) is 70.9 Å². The lowest BCUT2D eigenvalue weighted by Gasteiger charge is -2.22. The number of benzene rings is 2. The summed E-state index contributed by atoms with van der Waals surface area (Å²) in [6.07, 6.45) is 0.163. The smallest absolute Gasteiger partial charge is 0.307 e. The third-order valence-corrected chi connectivity index (χ3v) is 6.37. The summed E-state index contributed by atoms with van der Waals surface area (Å²) in [5.74, 6) is 0.960. The average molecular weight is 461 g/mol. The van der Waals surface area contributed by atoms with E-state index in [-0.39, 0.29) is 17.6 Å². The molecule has 0 radical (unpaired) electrons. The Balaban J connectivity index is 1.55. The van der Waals surface area contributed by atoms with Gasteiger partial charge in [-0.15, -0.1) is 10.2 Å². The molecule has 166 valence electrons. The zero-order valence-electron chi connectivity index (χ0n) is 17.9. The second-order valence-electron chi connectivity index (χ2n) is 7.25. The summed E-state index contributed by atoms with van der Waals surface area (Å²) in [5.41, 5.74) is 4.08. The van der Waals surface area contributed by atoms with Gasteiger partial charge in [0.05, 0.1) is 37.3 Å². The number of methoxy groups -OCH3 is 2. The van der Waals surface area contributed by atoms with Crippen molar-refractivity contribution < 1.29 is 14.3 Å². The van der Waals surface area contributed by atoms with Gasteiger partial charge in [-0.2, -0.15) is 14.9 Å². The van der Waals surface area contributed by atoms with Crippen LogP contribution in [0.2, 0.25) is 0 Å². The van der Waals surface area contributed by atoms with Gasteiger partial charge in [-0.3, -0.25) is 9.89 Å². The molecular formula is C23H20N6O3S. The molecule has 10 heteroatoms. The van der Waals surface area contributed by atoms with Crippen LogP contribution in [0.1, 0.15) is 12.0 Å². The molecule has 0 fully saturated rings. The lowest BCUT2D eigenvalue weighted by atomic mass is 10.0. The molecule has 3 heterocycles. The van der Waals surface area contributed by atoms with E-state index in [4.69, 9.17) is 14.6 Å². The Morgan fingerprint density at radius 1 is 1.06 bits per heavy atom. The predicted molar refractivity (Wildman–Crippen MR) is 124 cm³/mol. The van der Waals surface area contributed by atoms with Gasteiger partial charge in [-0.05, 0) is 35.9 Å². The SMILES string of the molecule is COC(=O)CC1Sc2nnc(-c3cc(-c4ccccc4)n[nH]3)n2N=C1c1ccc(OC)cc1. The number of ether oxygens (including phenoxy) is 2. The number of esters is 1. The van der Waals surface area contributed by atoms with Crippen molar-refractivity contribution in [2.75, 3.05) is 14.2 Å². The van der Waals surface area contributed by atoms with Gasteiger partial charge in [-0.25, -0.2) is 0 Å². The highest BCUT2D eigenvalue weighted by atomic mass is 32.2. The van der Waals surface area contributed by atoms with Crippen LogP contribution < -0.4 is 4.74 Å². The molecule has 0 spiro atoms. The summed E-state index contributed by atoms with van der Waals surface area (Å²) in [6.45, 7) is 0. The minimum atomic E-state index is -0.317. The fourth-order valence-corrected chi connectivity index (χ4v) is 4.61. The molecule has 0 saturated heterocycles. The Labute approximate surface area is 193 Å². The maximum atomic E-state index is 12.1. The number of hydrogen-bond donors (Lipinski definition) is 1. The number of carbonyl (C=O) groups excluding carboxylic acids is 1. The Hall–Kier alpha value is -3.92. The molecule has 5 rings (SSSR count). The standard InChI is InChI=1S/C23H20N6O3S/c1-31-16-10-8-15(9-11-16)21-19(13-20(30)32-2)33-23-27-26-22(29(23)28-21)18-12-17(24-25-18)14-6-4-3-5-7-14/h3-12,19H,13H2,1-2H3,(H,24,25). The largest absolute Gasteiger partial charge is 0.497 e. The zero-order chi connectivity index (χ0) is 22.8. The molecule has 0 bridgehead atoms. The third-order valence-electron chi connectivity index (χ3n) is 5.23. The van der Waals surface area contributed by atoms with Crippen LogP contribution in [-0.2, 0) is 9.53 Å². The fourth-order valence-electron chi connectivity index (χ4n) is 3.52. The molecule has 0 amide bonds. The summed E-state index contributed by atoms with van der Waals surface area (Å²) in [4.78, 5) is 12.1. The molecule has 0 aliphatic carbocycles. The lowest BCUT2D eigenvalue weighted by molar-refractivity contribution is -0.140. The van der Waals surface area contributed by atoms with Gasteiger partial charge in [0, 0.05) is 5.56 Å². The van der Waals surface area contributed by atoms with Crippen molar-refractivity contribution in [1.29, 1.82) is 0 Å². The summed E-state index contributed by atoms with van der Waals surface area (Å²) in [7, 11) is 3.00. The highest BCUT2D eigenvalue weighted by Crippen LogP contribution is 2.35. The monoisotopic (exact) mass is 460 g/mol. The van der Waals surface area contributed by atoms with Crippen LogP contribution in [0.3, 0.4) is 0 Å². The molecule has 4 aromatic rings. The van der Waals surface area contributed by atoms with Crippen LogP contribution in [0.25, 0.3) is 22.8 Å². The van der Waals surface area contributed by atoms with E-state index < -0.39 is 0 Å². The molecule has 1 aliphatic rings. The van der Waals surface area contributed by atoms with E-state index >= 15 is 0 Å². The molecule has 9 nitrogen and oxygen atoms in total. The molecule has 0 saturated carbocycles. The van der Waals surface area contributed by atoms with Crippen molar-refractivity contribution in [3.8, 4) is 28.5 Å². The quantitative estimate of drug-likeness (QED) is 0.438. The first kappa shape index (κ1) is 21.0. The number of aromatic nitrogens is 5. The van der Waals surface area contributed by atoms with E-state index in [0.29, 0.717) is 16.7 Å². The second-order valence-corrected chi connectivity index (χ2v) is 8.42. The number of H-pyrrole nitrogens is 1. The highest BCUT2D eigenvalue weighted by Gasteiger charge is 2.31. The number of fused-ring (bicyclic) bond motifs is 1. The maximum Gasteiger partial charge on any atom is 0.307 e. The van der Waals surface area contributed by atoms with Gasteiger partial charge in [0.2, 0.25) is 11.0 Å². The minimum Gasteiger partial charge on any atom is -0.497 e. The summed E-state index contributed by atoms with van der Waals surface area (Å²) in [6, 6.07) is 19.4. The molecule has 1 unspecified atom stereocenters. The Bertz CT molecular complexity index is 1310. The average Bonchev–Trinajstić information content (AvgIpc) is 3.51. The number of hydrogen-bond acceptors (Lipinski definition) is 8. The van der Waals surface area contributed by atoms with Crippen LogP contribution in [0.5, 0.6) is 5.75 Å². The minimum absolute atomic E-state index is 0.163. The lowest BCUT2D eigenvalue weighted by Crippen LogP contribution is -2.27. The van der Waals surface area contributed by atoms with Crippen molar-refractivity contribution in [2.45, 2.75) is 16.8 Å². The molecule has 2 aromatic heterocycles. The van der Waals surface area contributed by atoms with Crippen LogP contribution >= 0.6 is 11.8 Å². The van der Waals surface area contributed by atoms with E-state index in [2.05, 4.69) is 20.4 Å². The first-order valence-corrected chi connectivity index (χ1v) is 11.1. The normalized spacial score (nSPS) is 15.0. The first-order chi connectivity index (χ1) is 16.2. The molecule has 33 heavy (non-hydrogen) atoms. The van der Waals surface area contributed by atoms with Crippen molar-refractivity contribution in [2.24, 2.45) is 5.10 Å². The van der Waals surface area contributed by atoms with Gasteiger partial charge < -0.3 is 9.47 Å². The van der Waals surface area contributed by atoms with E-state index in [9.17, 15) is 4.79 Å². The number of thioether (sulfide) groups is 1. The fraction of sp³-hybridized carbons (Fsp3) is 0.174. The van der Waals surface area contributed by atoms with Crippen LogP contribution in [-0.4, -0.2) is 56.2 Å². The van der Waals surface area contributed by atoms with Crippen molar-refractivity contribution in [3.05, 3.63) is 66.2 Å². The van der Waals surface area contributed by atoms with Crippen LogP contribution in [0, 0.1) is 0 Å². The maximum absolute atomic E-state index is 12.1. The van der Waals surface area contributed by atoms with Gasteiger partial charge in [0.15, 0.2) is 0 Å². The van der Waals surface area contributed by atoms with Gasteiger partial charge >= 0.3 is 5.97 Å². The van der Waals surface area contributed by atoms with Crippen molar-refractivity contribution in [3.63, 3.8) is 0 Å². The number of rotatable bonds is 6. The highest BCUT2D eigenvalue weighted by molar-refractivity contribution is 8.00. The molecular weight excluding hydrogens is 440 g/mol. The number of nitrogens with one attached hydrogen (secondary N) is 1. The third kappa shape index (κ3) is 4.12. The second kappa shape index (κ2) is 8.91. The molecule has 1 N–H and O–H groups in total. The Morgan fingerprint density at radius 3 is 2.58 bits per heavy atom. The molecule has 1 aliphatic heterocycles. The summed E-state index contributed by atoms with van der Waals surface area (Å²) in [5, 5.41) is 21.3. The van der Waals surface area contributed by atoms with Gasteiger partial charge in [0.25, 0.3) is 0 Å². The summed E-state index contributed by atoms with van der Waals surface area (Å²) >= 11 is 1.42. The van der Waals surface area contributed by atoms with Crippen molar-refractivity contribution >= 4 is 23.4 Å². The summed E-state index contributed by atoms with van der Waals surface area (Å²) < 4.78 is 11.8. The Kier molecular flexibility index (Phi) is 5.66. The first-order valence-electron chi connectivity index (χ1n) is 10.2. The van der Waals surface area contributed by atoms with E-state index in [1.807, 2.05) is 60.7 Å². The van der Waals surface area contributed by atoms with E-state index in [1.54, 1.807) is 11.8 Å². The van der Waals surface area contributed by atoms with Gasteiger partial charge in [-0.1, -0.05) is 42.1 Å².